The minimum atomic E-state index is -0.822. The molecule has 6 heteroatoms. The van der Waals surface area contributed by atoms with Gasteiger partial charge in [-0.3, -0.25) is 9.59 Å². The molecule has 1 atom stereocenters. The molecule has 0 aliphatic carbocycles. The number of rotatable bonds is 4. The monoisotopic (exact) mass is 343 g/mol. The number of nitrogens with zero attached hydrogens (tertiary/aromatic N) is 1. The van der Waals surface area contributed by atoms with Gasteiger partial charge in [0.05, 0.1) is 5.92 Å². The molecule has 4 nitrogen and oxygen atoms in total. The summed E-state index contributed by atoms with van der Waals surface area (Å²) in [4.78, 5) is 24.9. The molecule has 2 aromatic rings. The average Bonchev–Trinajstić information content (AvgIpc) is 3.05. The zero-order valence-corrected chi connectivity index (χ0v) is 15.3. The number of hydrogen-bond donors (Lipinski definition) is 1. The Morgan fingerprint density at radius 3 is 2.59 bits per heavy atom. The predicted molar refractivity (Wildman–Crippen MR) is 89.1 cm³/mol. The van der Waals surface area contributed by atoms with Crippen LogP contribution in [0.1, 0.15) is 36.9 Å². The van der Waals surface area contributed by atoms with Gasteiger partial charge in [-0.15, -0.1) is 11.8 Å². The molecule has 0 spiro atoms. The summed E-state index contributed by atoms with van der Waals surface area (Å²) in [6.07, 6.45) is 2.46. The second-order valence-electron chi connectivity index (χ2n) is 5.01. The number of carbonyl (C=O) groups excluding carboxylic acids is 1. The topological polar surface area (TPSA) is 59.3 Å². The summed E-state index contributed by atoms with van der Waals surface area (Å²) >= 11 is 1.48. The molecule has 1 aromatic heterocycles. The first-order valence-corrected chi connectivity index (χ1v) is 7.96. The van der Waals surface area contributed by atoms with Crippen LogP contribution in [-0.4, -0.2) is 65.4 Å². The number of ketones is 1. The number of aliphatic carboxylic acids is 1. The van der Waals surface area contributed by atoms with E-state index in [0.29, 0.717) is 24.2 Å². The third-order valence-electron chi connectivity index (χ3n) is 3.86. The molecular weight excluding hydrogens is 326 g/mol. The van der Waals surface area contributed by atoms with Gasteiger partial charge in [0.1, 0.15) is 5.69 Å². The van der Waals surface area contributed by atoms with Crippen molar-refractivity contribution in [3.8, 4) is 0 Å². The number of carbonyl (C=O) groups is 2. The van der Waals surface area contributed by atoms with E-state index >= 15 is 0 Å². The number of carboxylic acids is 1. The molecule has 1 aliphatic rings. The summed E-state index contributed by atoms with van der Waals surface area (Å²) in [6.45, 7) is 0.584. The number of hydrogen-bond acceptors (Lipinski definition) is 3. The Bertz CT molecular complexity index is 722. The van der Waals surface area contributed by atoms with Crippen molar-refractivity contribution >= 4 is 61.3 Å². The van der Waals surface area contributed by atoms with Crippen molar-refractivity contribution in [3.63, 3.8) is 0 Å². The van der Waals surface area contributed by atoms with Gasteiger partial charge in [-0.25, -0.2) is 0 Å². The molecule has 0 saturated carbocycles. The Kier molecular flexibility index (Phi) is 5.77. The molecule has 3 rings (SSSR count). The second-order valence-corrected chi connectivity index (χ2v) is 5.86. The van der Waals surface area contributed by atoms with Crippen LogP contribution in [0.5, 0.6) is 0 Å². The van der Waals surface area contributed by atoms with E-state index in [1.807, 2.05) is 35.1 Å². The van der Waals surface area contributed by atoms with Crippen LogP contribution >= 0.6 is 11.8 Å². The van der Waals surface area contributed by atoms with Crippen molar-refractivity contribution in [3.05, 3.63) is 53.3 Å². The van der Waals surface area contributed by atoms with Gasteiger partial charge in [0.15, 0.2) is 0 Å². The fourth-order valence-corrected chi connectivity index (χ4v) is 3.48. The largest absolute Gasteiger partial charge is 2.00 e. The number of thioether (sulfide) groups is 1. The molecule has 0 bridgehead atoms. The Hall–Kier alpha value is -0.750. The molecule has 112 valence electrons. The van der Waals surface area contributed by atoms with Gasteiger partial charge in [0.25, 0.3) is 0 Å². The smallest absolute Gasteiger partial charge is 1.00 e. The summed E-state index contributed by atoms with van der Waals surface area (Å²) in [5.74, 6) is -1.37. The Morgan fingerprint density at radius 1 is 1.32 bits per heavy atom. The van der Waals surface area contributed by atoms with Gasteiger partial charge in [-0.2, -0.15) is 0 Å². The van der Waals surface area contributed by atoms with Crippen LogP contribution in [0.3, 0.4) is 0 Å². The first kappa shape index (κ1) is 17.6. The SMILES string of the molecule is CSc1cc2n(c1C(=O)c1ccccc1)CCC2C(=O)O.[Ca+2].[H-].[H-]. The average molecular weight is 343 g/mol. The minimum absolute atomic E-state index is 0. The van der Waals surface area contributed by atoms with Crippen molar-refractivity contribution in [1.82, 2.24) is 4.57 Å². The summed E-state index contributed by atoms with van der Waals surface area (Å²) in [5, 5.41) is 9.28. The van der Waals surface area contributed by atoms with Gasteiger partial charge in [0.2, 0.25) is 5.78 Å². The van der Waals surface area contributed by atoms with Gasteiger partial charge >= 0.3 is 43.7 Å². The molecule has 1 N–H and O–H groups in total. The fraction of sp³-hybridized carbons (Fsp3) is 0.250. The predicted octanol–water partition coefficient (Wildman–Crippen LogP) is 2.86. The van der Waals surface area contributed by atoms with Gasteiger partial charge in [0, 0.05) is 22.7 Å². The van der Waals surface area contributed by atoms with E-state index in [1.165, 1.54) is 11.8 Å². The van der Waals surface area contributed by atoms with Crippen molar-refractivity contribution in [2.75, 3.05) is 6.26 Å². The fourth-order valence-electron chi connectivity index (χ4n) is 2.84. The number of carboxylic acid groups (broad SMARTS) is 1. The molecule has 0 fully saturated rings. The first-order valence-electron chi connectivity index (χ1n) is 6.73. The number of aromatic nitrogens is 1. The zero-order chi connectivity index (χ0) is 15.0. The number of fused-ring (bicyclic) bond motifs is 1. The molecule has 1 unspecified atom stereocenters. The van der Waals surface area contributed by atoms with Crippen molar-refractivity contribution < 1.29 is 17.5 Å². The molecule has 0 radical (unpaired) electrons. The van der Waals surface area contributed by atoms with E-state index in [1.54, 1.807) is 12.1 Å². The van der Waals surface area contributed by atoms with E-state index in [0.717, 1.165) is 10.6 Å². The summed E-state index contributed by atoms with van der Waals surface area (Å²) in [5.41, 5.74) is 1.99. The van der Waals surface area contributed by atoms with Gasteiger partial charge in [-0.05, 0) is 18.7 Å². The van der Waals surface area contributed by atoms with Gasteiger partial charge in [-0.1, -0.05) is 30.3 Å². The zero-order valence-electron chi connectivity index (χ0n) is 14.3. The second kappa shape index (κ2) is 7.21. The maximum Gasteiger partial charge on any atom is 2.00 e. The Labute approximate surface area is 165 Å². The van der Waals surface area contributed by atoms with E-state index < -0.39 is 11.9 Å². The molecule has 0 saturated heterocycles. The maximum absolute atomic E-state index is 12.7. The Morgan fingerprint density at radius 2 is 2.00 bits per heavy atom. The molecule has 22 heavy (non-hydrogen) atoms. The Balaban J connectivity index is 0.00000176. The van der Waals surface area contributed by atoms with E-state index in [2.05, 4.69) is 0 Å². The third kappa shape index (κ3) is 3.00. The molecule has 2 heterocycles. The standard InChI is InChI=1S/C16H15NO3S.Ca.2H/c1-21-13-9-12-11(16(19)20)7-8-17(12)14(13)15(18)10-5-3-2-4-6-10;;;/h2-6,9,11H,7-8H2,1H3,(H,19,20);;;/q;+2;2*-1. The first-order chi connectivity index (χ1) is 10.1. The summed E-state index contributed by atoms with van der Waals surface area (Å²) in [6, 6.07) is 11.0. The van der Waals surface area contributed by atoms with Crippen LogP contribution in [0.2, 0.25) is 0 Å². The maximum atomic E-state index is 12.7. The van der Waals surface area contributed by atoms with Crippen LogP contribution < -0.4 is 0 Å². The molecule has 1 aromatic carbocycles. The minimum Gasteiger partial charge on any atom is -1.00 e. The van der Waals surface area contributed by atoms with E-state index in [-0.39, 0.29) is 46.4 Å². The quantitative estimate of drug-likeness (QED) is 0.527. The summed E-state index contributed by atoms with van der Waals surface area (Å²) in [7, 11) is 0. The normalized spacial score (nSPS) is 16.0. The van der Waals surface area contributed by atoms with Crippen LogP contribution in [0.4, 0.5) is 0 Å². The molecule has 1 aliphatic heterocycles. The molecule has 0 amide bonds. The summed E-state index contributed by atoms with van der Waals surface area (Å²) < 4.78 is 1.87. The van der Waals surface area contributed by atoms with E-state index in [4.69, 9.17) is 0 Å². The van der Waals surface area contributed by atoms with Gasteiger partial charge < -0.3 is 12.5 Å². The van der Waals surface area contributed by atoms with Crippen molar-refractivity contribution in [2.24, 2.45) is 0 Å². The third-order valence-corrected chi connectivity index (χ3v) is 4.61. The molecular formula is C16H17CaNO3S. The van der Waals surface area contributed by atoms with E-state index in [9.17, 15) is 14.7 Å². The number of benzene rings is 1. The van der Waals surface area contributed by atoms with Crippen LogP contribution in [0.25, 0.3) is 0 Å². The van der Waals surface area contributed by atoms with Crippen LogP contribution in [0.15, 0.2) is 41.3 Å². The van der Waals surface area contributed by atoms with Crippen LogP contribution in [-0.2, 0) is 11.3 Å². The van der Waals surface area contributed by atoms with Crippen molar-refractivity contribution in [1.29, 1.82) is 0 Å². The van der Waals surface area contributed by atoms with Crippen molar-refractivity contribution in [2.45, 2.75) is 23.8 Å². The van der Waals surface area contributed by atoms with Crippen LogP contribution in [0, 0.1) is 0 Å².